The predicted molar refractivity (Wildman–Crippen MR) is 67.9 cm³/mol. The maximum absolute atomic E-state index is 12.0. The number of carbonyl (C=O) groups is 1. The fraction of sp³-hybridized carbons (Fsp3) is 0.909. The average molecular weight is 246 g/mol. The molecule has 1 atom stereocenters. The van der Waals surface area contributed by atoms with E-state index in [2.05, 4.69) is 5.32 Å². The van der Waals surface area contributed by atoms with Crippen molar-refractivity contribution in [3.05, 3.63) is 0 Å². The van der Waals surface area contributed by atoms with Crippen LogP contribution in [0.25, 0.3) is 0 Å². The van der Waals surface area contributed by atoms with Crippen molar-refractivity contribution in [3.8, 4) is 0 Å². The fourth-order valence-electron chi connectivity index (χ4n) is 1.68. The summed E-state index contributed by atoms with van der Waals surface area (Å²) in [6, 6.07) is 0. The van der Waals surface area contributed by atoms with Gasteiger partial charge in [-0.2, -0.15) is 0 Å². The van der Waals surface area contributed by atoms with Crippen molar-refractivity contribution in [1.29, 1.82) is 0 Å². The molecule has 1 saturated heterocycles. The normalized spacial score (nSPS) is 18.5. The van der Waals surface area contributed by atoms with E-state index < -0.39 is 0 Å². The molecular formula is C11H22N2O2S. The first-order valence-electron chi connectivity index (χ1n) is 5.85. The summed E-state index contributed by atoms with van der Waals surface area (Å²) in [7, 11) is 1.71. The first-order valence-corrected chi connectivity index (χ1v) is 6.90. The molecule has 1 aliphatic heterocycles. The van der Waals surface area contributed by atoms with Gasteiger partial charge < -0.3 is 15.0 Å². The zero-order valence-corrected chi connectivity index (χ0v) is 11.0. The fourth-order valence-corrected chi connectivity index (χ4v) is 2.61. The standard InChI is InChI=1S/C11H22N2O2S/c1-10(16-9-3-8-15-2)11(14)13-6-4-12-5-7-13/h10,12H,3-9H2,1-2H3. The number of hydrogen-bond donors (Lipinski definition) is 1. The number of ether oxygens (including phenoxy) is 1. The molecular weight excluding hydrogens is 224 g/mol. The highest BCUT2D eigenvalue weighted by atomic mass is 32.2. The number of hydrogen-bond acceptors (Lipinski definition) is 4. The molecule has 1 fully saturated rings. The highest BCUT2D eigenvalue weighted by Crippen LogP contribution is 2.14. The number of thioether (sulfide) groups is 1. The number of amides is 1. The van der Waals surface area contributed by atoms with Crippen LogP contribution < -0.4 is 5.32 Å². The molecule has 0 spiro atoms. The summed E-state index contributed by atoms with van der Waals surface area (Å²) in [5.74, 6) is 1.27. The molecule has 1 rings (SSSR count). The lowest BCUT2D eigenvalue weighted by atomic mass is 10.3. The van der Waals surface area contributed by atoms with Crippen LogP contribution in [0.4, 0.5) is 0 Å². The zero-order valence-electron chi connectivity index (χ0n) is 10.2. The van der Waals surface area contributed by atoms with E-state index in [-0.39, 0.29) is 11.2 Å². The topological polar surface area (TPSA) is 41.6 Å². The molecule has 0 aliphatic carbocycles. The average Bonchev–Trinajstić information content (AvgIpc) is 2.34. The molecule has 0 aromatic heterocycles. The number of carbonyl (C=O) groups excluding carboxylic acids is 1. The molecule has 0 aromatic carbocycles. The van der Waals surface area contributed by atoms with Gasteiger partial charge >= 0.3 is 0 Å². The van der Waals surface area contributed by atoms with Gasteiger partial charge in [0.2, 0.25) is 5.91 Å². The van der Waals surface area contributed by atoms with Gasteiger partial charge in [-0.05, 0) is 19.1 Å². The smallest absolute Gasteiger partial charge is 0.235 e. The monoisotopic (exact) mass is 246 g/mol. The maximum atomic E-state index is 12.0. The van der Waals surface area contributed by atoms with Crippen LogP contribution in [0.3, 0.4) is 0 Å². The molecule has 0 bridgehead atoms. The molecule has 0 aromatic rings. The molecule has 1 amide bonds. The minimum absolute atomic E-state index is 0.0787. The Morgan fingerprint density at radius 2 is 2.19 bits per heavy atom. The predicted octanol–water partition coefficient (Wildman–Crippen LogP) is 0.576. The van der Waals surface area contributed by atoms with Crippen LogP contribution in [-0.4, -0.2) is 61.7 Å². The second kappa shape index (κ2) is 7.92. The number of methoxy groups -OCH3 is 1. The van der Waals surface area contributed by atoms with Crippen molar-refractivity contribution < 1.29 is 9.53 Å². The van der Waals surface area contributed by atoms with Gasteiger partial charge in [0, 0.05) is 39.9 Å². The summed E-state index contributed by atoms with van der Waals surface area (Å²) < 4.78 is 4.98. The van der Waals surface area contributed by atoms with Gasteiger partial charge in [-0.15, -0.1) is 11.8 Å². The third kappa shape index (κ3) is 4.72. The van der Waals surface area contributed by atoms with Crippen LogP contribution in [0.1, 0.15) is 13.3 Å². The van der Waals surface area contributed by atoms with Crippen LogP contribution in [0.5, 0.6) is 0 Å². The SMILES string of the molecule is COCCCSC(C)C(=O)N1CCNCC1. The number of nitrogens with zero attached hydrogens (tertiary/aromatic N) is 1. The minimum atomic E-state index is 0.0787. The Morgan fingerprint density at radius 1 is 1.50 bits per heavy atom. The van der Waals surface area contributed by atoms with Crippen molar-refractivity contribution in [2.75, 3.05) is 45.6 Å². The number of nitrogens with one attached hydrogen (secondary N) is 1. The van der Waals surface area contributed by atoms with Gasteiger partial charge in [-0.1, -0.05) is 0 Å². The lowest BCUT2D eigenvalue weighted by Gasteiger charge is -2.29. The van der Waals surface area contributed by atoms with E-state index in [1.54, 1.807) is 18.9 Å². The molecule has 16 heavy (non-hydrogen) atoms. The van der Waals surface area contributed by atoms with Gasteiger partial charge in [-0.3, -0.25) is 4.79 Å². The van der Waals surface area contributed by atoms with Gasteiger partial charge in [-0.25, -0.2) is 0 Å². The quantitative estimate of drug-likeness (QED) is 0.696. The van der Waals surface area contributed by atoms with E-state index in [0.29, 0.717) is 0 Å². The summed E-state index contributed by atoms with van der Waals surface area (Å²) in [5, 5.41) is 3.33. The maximum Gasteiger partial charge on any atom is 0.235 e. The van der Waals surface area contributed by atoms with Gasteiger partial charge in [0.1, 0.15) is 0 Å². The first-order chi connectivity index (χ1) is 7.75. The summed E-state index contributed by atoms with van der Waals surface area (Å²) in [6.45, 7) is 6.33. The molecule has 1 N–H and O–H groups in total. The molecule has 5 heteroatoms. The van der Waals surface area contributed by atoms with Gasteiger partial charge in [0.25, 0.3) is 0 Å². The summed E-state index contributed by atoms with van der Waals surface area (Å²) in [4.78, 5) is 14.0. The Morgan fingerprint density at radius 3 is 2.81 bits per heavy atom. The first kappa shape index (κ1) is 13.8. The lowest BCUT2D eigenvalue weighted by molar-refractivity contribution is -0.130. The van der Waals surface area contributed by atoms with E-state index in [9.17, 15) is 4.79 Å². The highest BCUT2D eigenvalue weighted by molar-refractivity contribution is 8.00. The Kier molecular flexibility index (Phi) is 6.84. The van der Waals surface area contributed by atoms with E-state index >= 15 is 0 Å². The van der Waals surface area contributed by atoms with Crippen LogP contribution >= 0.6 is 11.8 Å². The Hall–Kier alpha value is -0.260. The molecule has 0 saturated carbocycles. The third-order valence-electron chi connectivity index (χ3n) is 2.64. The van der Waals surface area contributed by atoms with E-state index in [1.807, 2.05) is 11.8 Å². The zero-order chi connectivity index (χ0) is 11.8. The third-order valence-corrected chi connectivity index (χ3v) is 3.86. The van der Waals surface area contributed by atoms with Crippen LogP contribution in [0.15, 0.2) is 0 Å². The molecule has 1 unspecified atom stereocenters. The molecule has 4 nitrogen and oxygen atoms in total. The van der Waals surface area contributed by atoms with Crippen LogP contribution in [0, 0.1) is 0 Å². The van der Waals surface area contributed by atoms with E-state index in [4.69, 9.17) is 4.74 Å². The Balaban J connectivity index is 2.18. The number of piperazine rings is 1. The van der Waals surface area contributed by atoms with Crippen molar-refractivity contribution in [2.45, 2.75) is 18.6 Å². The molecule has 94 valence electrons. The van der Waals surface area contributed by atoms with E-state index in [1.165, 1.54) is 0 Å². The van der Waals surface area contributed by atoms with Crippen molar-refractivity contribution in [2.24, 2.45) is 0 Å². The summed E-state index contributed by atoms with van der Waals surface area (Å²) in [6.07, 6.45) is 1.01. The Labute approximate surface area is 102 Å². The van der Waals surface area contributed by atoms with Gasteiger partial charge in [0.15, 0.2) is 0 Å². The van der Waals surface area contributed by atoms with Crippen LogP contribution in [-0.2, 0) is 9.53 Å². The van der Waals surface area contributed by atoms with E-state index in [0.717, 1.165) is 45.0 Å². The Bertz CT molecular complexity index is 208. The van der Waals surface area contributed by atoms with Crippen molar-refractivity contribution in [1.82, 2.24) is 10.2 Å². The number of rotatable bonds is 6. The largest absolute Gasteiger partial charge is 0.385 e. The lowest BCUT2D eigenvalue weighted by Crippen LogP contribution is -2.48. The highest BCUT2D eigenvalue weighted by Gasteiger charge is 2.21. The summed E-state index contributed by atoms with van der Waals surface area (Å²) in [5.41, 5.74) is 0. The second-order valence-electron chi connectivity index (χ2n) is 3.93. The molecule has 1 heterocycles. The second-order valence-corrected chi connectivity index (χ2v) is 5.38. The minimum Gasteiger partial charge on any atom is -0.385 e. The summed E-state index contributed by atoms with van der Waals surface area (Å²) >= 11 is 1.73. The molecule has 1 aliphatic rings. The van der Waals surface area contributed by atoms with Crippen molar-refractivity contribution in [3.63, 3.8) is 0 Å². The van der Waals surface area contributed by atoms with Gasteiger partial charge in [0.05, 0.1) is 5.25 Å². The molecule has 0 radical (unpaired) electrons. The van der Waals surface area contributed by atoms with Crippen molar-refractivity contribution >= 4 is 17.7 Å². The van der Waals surface area contributed by atoms with Crippen LogP contribution in [0.2, 0.25) is 0 Å².